The summed E-state index contributed by atoms with van der Waals surface area (Å²) in [4.78, 5) is 7.05. The van der Waals surface area contributed by atoms with Gasteiger partial charge in [0.25, 0.3) is 0 Å². The lowest BCUT2D eigenvalue weighted by atomic mass is 10.1. The van der Waals surface area contributed by atoms with Gasteiger partial charge in [-0.15, -0.1) is 0 Å². The maximum Gasteiger partial charge on any atom is 0.231 e. The summed E-state index contributed by atoms with van der Waals surface area (Å²) in [5.41, 5.74) is 3.31. The molecule has 4 heterocycles. The van der Waals surface area contributed by atoms with Gasteiger partial charge in [0.1, 0.15) is 6.10 Å². The van der Waals surface area contributed by atoms with Gasteiger partial charge in [0.2, 0.25) is 11.7 Å². The third-order valence-corrected chi connectivity index (χ3v) is 5.15. The standard InChI is InChI=1S/C16H23N5O2/c1-10-13(11(2)20(3)18-10)7-15-17-16(19-23-15)14-8-21-6-4-5-12(21)9-22-14/h12,14H,4-9H2,1-3H3/t12-,14-/m0/s1. The number of aromatic nitrogens is 4. The van der Waals surface area contributed by atoms with Crippen LogP contribution in [0.2, 0.25) is 0 Å². The summed E-state index contributed by atoms with van der Waals surface area (Å²) in [5, 5.41) is 8.59. The molecule has 2 aliphatic rings. The van der Waals surface area contributed by atoms with E-state index in [0.717, 1.165) is 36.6 Å². The van der Waals surface area contributed by atoms with Crippen molar-refractivity contribution in [1.82, 2.24) is 24.8 Å². The maximum atomic E-state index is 5.95. The molecule has 4 rings (SSSR count). The van der Waals surface area contributed by atoms with Crippen molar-refractivity contribution in [3.8, 4) is 0 Å². The van der Waals surface area contributed by atoms with Gasteiger partial charge in [-0.1, -0.05) is 5.16 Å². The molecule has 2 aromatic rings. The average molecular weight is 317 g/mol. The van der Waals surface area contributed by atoms with Gasteiger partial charge >= 0.3 is 0 Å². The molecular weight excluding hydrogens is 294 g/mol. The highest BCUT2D eigenvalue weighted by molar-refractivity contribution is 5.27. The molecule has 124 valence electrons. The quantitative estimate of drug-likeness (QED) is 0.855. The molecule has 0 amide bonds. The predicted molar refractivity (Wildman–Crippen MR) is 83.1 cm³/mol. The molecule has 23 heavy (non-hydrogen) atoms. The molecule has 0 saturated carbocycles. The van der Waals surface area contributed by atoms with Crippen molar-refractivity contribution < 1.29 is 9.26 Å². The van der Waals surface area contributed by atoms with Crippen LogP contribution in [0.4, 0.5) is 0 Å². The van der Waals surface area contributed by atoms with Crippen molar-refractivity contribution >= 4 is 0 Å². The van der Waals surface area contributed by atoms with Crippen LogP contribution in [0.15, 0.2) is 4.52 Å². The van der Waals surface area contributed by atoms with Gasteiger partial charge in [0, 0.05) is 30.9 Å². The maximum absolute atomic E-state index is 5.95. The van der Waals surface area contributed by atoms with Gasteiger partial charge in [-0.2, -0.15) is 10.1 Å². The van der Waals surface area contributed by atoms with Crippen LogP contribution in [0, 0.1) is 13.8 Å². The van der Waals surface area contributed by atoms with Gasteiger partial charge in [0.15, 0.2) is 0 Å². The zero-order valence-electron chi connectivity index (χ0n) is 13.9. The fourth-order valence-electron chi connectivity index (χ4n) is 3.67. The molecule has 0 bridgehead atoms. The Bertz CT molecular complexity index is 707. The van der Waals surface area contributed by atoms with Gasteiger partial charge in [-0.25, -0.2) is 0 Å². The Morgan fingerprint density at radius 1 is 1.30 bits per heavy atom. The number of hydrogen-bond donors (Lipinski definition) is 0. The minimum atomic E-state index is -0.0713. The van der Waals surface area contributed by atoms with Crippen LogP contribution >= 0.6 is 0 Å². The number of aryl methyl sites for hydroxylation is 2. The van der Waals surface area contributed by atoms with Crippen molar-refractivity contribution in [2.45, 2.75) is 45.3 Å². The van der Waals surface area contributed by atoms with Gasteiger partial charge in [0.05, 0.1) is 18.7 Å². The van der Waals surface area contributed by atoms with E-state index < -0.39 is 0 Å². The monoisotopic (exact) mass is 317 g/mol. The lowest BCUT2D eigenvalue weighted by Gasteiger charge is -2.33. The molecule has 7 nitrogen and oxygen atoms in total. The first-order valence-corrected chi connectivity index (χ1v) is 8.29. The molecule has 0 aromatic carbocycles. The van der Waals surface area contributed by atoms with Crippen LogP contribution < -0.4 is 0 Å². The van der Waals surface area contributed by atoms with E-state index in [9.17, 15) is 0 Å². The SMILES string of the molecule is Cc1nn(C)c(C)c1Cc1nc([C@@H]2CN3CCC[C@H]3CO2)no1. The van der Waals surface area contributed by atoms with Crippen molar-refractivity contribution in [3.05, 3.63) is 28.7 Å². The van der Waals surface area contributed by atoms with E-state index in [1.165, 1.54) is 12.8 Å². The molecular formula is C16H23N5O2. The molecule has 0 unspecified atom stereocenters. The summed E-state index contributed by atoms with van der Waals surface area (Å²) >= 11 is 0. The molecule has 0 radical (unpaired) electrons. The average Bonchev–Trinajstić information content (AvgIpc) is 3.24. The third-order valence-electron chi connectivity index (χ3n) is 5.15. The van der Waals surface area contributed by atoms with Crippen LogP contribution in [0.1, 0.15) is 47.6 Å². The number of hydrogen-bond acceptors (Lipinski definition) is 6. The summed E-state index contributed by atoms with van der Waals surface area (Å²) in [6.45, 7) is 6.87. The molecule has 2 saturated heterocycles. The number of nitrogens with zero attached hydrogens (tertiary/aromatic N) is 5. The Hall–Kier alpha value is -1.73. The molecule has 2 fully saturated rings. The lowest BCUT2D eigenvalue weighted by Crippen LogP contribution is -2.42. The molecule has 2 aliphatic heterocycles. The second-order valence-corrected chi connectivity index (χ2v) is 6.61. The van der Waals surface area contributed by atoms with E-state index in [-0.39, 0.29) is 6.10 Å². The molecule has 2 atom stereocenters. The van der Waals surface area contributed by atoms with Crippen LogP contribution in [0.3, 0.4) is 0 Å². The van der Waals surface area contributed by atoms with E-state index in [1.807, 2.05) is 18.7 Å². The van der Waals surface area contributed by atoms with Crippen molar-refractivity contribution in [3.63, 3.8) is 0 Å². The number of ether oxygens (including phenoxy) is 1. The van der Waals surface area contributed by atoms with Crippen LogP contribution in [-0.4, -0.2) is 50.6 Å². The minimum absolute atomic E-state index is 0.0713. The molecule has 0 aliphatic carbocycles. The summed E-state index contributed by atoms with van der Waals surface area (Å²) in [6.07, 6.45) is 3.05. The topological polar surface area (TPSA) is 69.2 Å². The van der Waals surface area contributed by atoms with E-state index in [1.54, 1.807) is 0 Å². The normalized spacial score (nSPS) is 25.0. The number of morpholine rings is 1. The molecule has 7 heteroatoms. The first-order valence-electron chi connectivity index (χ1n) is 8.29. The second kappa shape index (κ2) is 5.72. The lowest BCUT2D eigenvalue weighted by molar-refractivity contribution is -0.0548. The fourth-order valence-corrected chi connectivity index (χ4v) is 3.67. The van der Waals surface area contributed by atoms with Gasteiger partial charge < -0.3 is 9.26 Å². The van der Waals surface area contributed by atoms with Crippen LogP contribution in [0.5, 0.6) is 0 Å². The third kappa shape index (κ3) is 2.68. The predicted octanol–water partition coefficient (Wildman–Crippen LogP) is 1.55. The van der Waals surface area contributed by atoms with E-state index in [2.05, 4.69) is 27.1 Å². The van der Waals surface area contributed by atoms with Crippen molar-refractivity contribution in [1.29, 1.82) is 0 Å². The zero-order valence-corrected chi connectivity index (χ0v) is 13.9. The Morgan fingerprint density at radius 2 is 2.17 bits per heavy atom. The highest BCUT2D eigenvalue weighted by atomic mass is 16.5. The van der Waals surface area contributed by atoms with Gasteiger partial charge in [-0.05, 0) is 33.2 Å². The first-order chi connectivity index (χ1) is 11.1. The summed E-state index contributed by atoms with van der Waals surface area (Å²) in [6, 6.07) is 0.582. The smallest absolute Gasteiger partial charge is 0.231 e. The summed E-state index contributed by atoms with van der Waals surface area (Å²) in [7, 11) is 1.95. The number of rotatable bonds is 3. The van der Waals surface area contributed by atoms with Gasteiger partial charge in [-0.3, -0.25) is 9.58 Å². The second-order valence-electron chi connectivity index (χ2n) is 6.61. The Morgan fingerprint density at radius 3 is 2.96 bits per heavy atom. The Balaban J connectivity index is 1.48. The Kier molecular flexibility index (Phi) is 3.69. The molecule has 0 N–H and O–H groups in total. The largest absolute Gasteiger partial charge is 0.367 e. The number of fused-ring (bicyclic) bond motifs is 1. The van der Waals surface area contributed by atoms with Crippen molar-refractivity contribution in [2.75, 3.05) is 19.7 Å². The zero-order chi connectivity index (χ0) is 16.0. The fraction of sp³-hybridized carbons (Fsp3) is 0.688. The molecule has 0 spiro atoms. The van der Waals surface area contributed by atoms with Crippen LogP contribution in [0.25, 0.3) is 0 Å². The van der Waals surface area contributed by atoms with E-state index >= 15 is 0 Å². The first kappa shape index (κ1) is 14.8. The molecule has 2 aromatic heterocycles. The van der Waals surface area contributed by atoms with Crippen molar-refractivity contribution in [2.24, 2.45) is 7.05 Å². The minimum Gasteiger partial charge on any atom is -0.367 e. The van der Waals surface area contributed by atoms with E-state index in [0.29, 0.717) is 24.2 Å². The highest BCUT2D eigenvalue weighted by Gasteiger charge is 2.34. The summed E-state index contributed by atoms with van der Waals surface area (Å²) in [5.74, 6) is 1.30. The Labute approximate surface area is 135 Å². The van der Waals surface area contributed by atoms with E-state index in [4.69, 9.17) is 9.26 Å². The van der Waals surface area contributed by atoms with Crippen LogP contribution in [-0.2, 0) is 18.2 Å². The highest BCUT2D eigenvalue weighted by Crippen LogP contribution is 2.29. The summed E-state index contributed by atoms with van der Waals surface area (Å²) < 4.78 is 13.3.